The number of hydrogen-bond donors (Lipinski definition) is 3. The molecule has 0 aliphatic carbocycles. The third-order valence-electron chi connectivity index (χ3n) is 2.34. The number of phenolic OH excluding ortho intramolecular Hbond substituents is 1. The minimum atomic E-state index is -1.19. The molecule has 7 nitrogen and oxygen atoms in total. The lowest BCUT2D eigenvalue weighted by atomic mass is 10.2. The van der Waals surface area contributed by atoms with Crippen LogP contribution in [0.3, 0.4) is 0 Å². The number of aromatic hydroxyl groups is 1. The number of phenols is 1. The molecule has 0 saturated heterocycles. The Bertz CT molecular complexity index is 572. The topological polar surface area (TPSA) is 114 Å². The Morgan fingerprint density at radius 1 is 1.40 bits per heavy atom. The summed E-state index contributed by atoms with van der Waals surface area (Å²) >= 11 is 0. The maximum absolute atomic E-state index is 11.6. The number of nitriles is 1. The highest BCUT2D eigenvalue weighted by atomic mass is 16.4. The second-order valence-corrected chi connectivity index (χ2v) is 3.86. The fourth-order valence-corrected chi connectivity index (χ4v) is 1.35. The van der Waals surface area contributed by atoms with E-state index < -0.39 is 18.4 Å². The van der Waals surface area contributed by atoms with Crippen molar-refractivity contribution >= 4 is 17.6 Å². The predicted molar refractivity (Wildman–Crippen MR) is 70.9 cm³/mol. The summed E-state index contributed by atoms with van der Waals surface area (Å²) in [7, 11) is 1.62. The summed E-state index contributed by atoms with van der Waals surface area (Å²) in [4.78, 5) is 23.4. The lowest BCUT2D eigenvalue weighted by molar-refractivity contribution is -0.137. The molecule has 1 rings (SSSR count). The number of rotatable bonds is 5. The van der Waals surface area contributed by atoms with E-state index in [4.69, 9.17) is 10.4 Å². The van der Waals surface area contributed by atoms with Gasteiger partial charge in [-0.15, -0.1) is 0 Å². The van der Waals surface area contributed by atoms with Gasteiger partial charge in [-0.25, -0.2) is 0 Å². The summed E-state index contributed by atoms with van der Waals surface area (Å²) in [6.07, 6.45) is 1.28. The fraction of sp³-hybridized carbons (Fsp3) is 0.154. The number of nitrogens with zero attached hydrogens (tertiary/aromatic N) is 2. The maximum Gasteiger partial charge on any atom is 0.322 e. The zero-order valence-corrected chi connectivity index (χ0v) is 10.7. The van der Waals surface area contributed by atoms with Gasteiger partial charge in [0.1, 0.15) is 23.9 Å². The van der Waals surface area contributed by atoms with Crippen LogP contribution in [0.25, 0.3) is 0 Å². The van der Waals surface area contributed by atoms with E-state index in [1.54, 1.807) is 25.2 Å². The molecule has 3 N–H and O–H groups in total. The molecule has 104 valence electrons. The fourth-order valence-electron chi connectivity index (χ4n) is 1.35. The Balaban J connectivity index is 2.83. The van der Waals surface area contributed by atoms with Crippen LogP contribution < -0.4 is 10.2 Å². The molecular formula is C13H13N3O4. The van der Waals surface area contributed by atoms with Crippen molar-refractivity contribution in [3.63, 3.8) is 0 Å². The number of carboxylic acid groups (broad SMARTS) is 1. The van der Waals surface area contributed by atoms with Crippen LogP contribution in [0.1, 0.15) is 0 Å². The molecule has 0 saturated carbocycles. The van der Waals surface area contributed by atoms with Gasteiger partial charge in [0.25, 0.3) is 5.91 Å². The van der Waals surface area contributed by atoms with Crippen LogP contribution in [0.2, 0.25) is 0 Å². The Hall–Kier alpha value is -3.01. The normalized spacial score (nSPS) is 10.5. The van der Waals surface area contributed by atoms with E-state index in [0.29, 0.717) is 5.69 Å². The molecule has 0 aliphatic heterocycles. The summed E-state index contributed by atoms with van der Waals surface area (Å²) in [5.74, 6) is -1.85. The van der Waals surface area contributed by atoms with Crippen LogP contribution in [-0.2, 0) is 9.59 Å². The SMILES string of the molecule is CN(/C=C(/C#N)C(=O)NCC(=O)O)c1ccc(O)cc1. The number of hydrogen-bond acceptors (Lipinski definition) is 5. The van der Waals surface area contributed by atoms with E-state index in [2.05, 4.69) is 5.32 Å². The largest absolute Gasteiger partial charge is 0.508 e. The first-order chi connectivity index (χ1) is 9.43. The monoisotopic (exact) mass is 275 g/mol. The Morgan fingerprint density at radius 3 is 2.50 bits per heavy atom. The van der Waals surface area contributed by atoms with Crippen molar-refractivity contribution < 1.29 is 19.8 Å². The predicted octanol–water partition coefficient (Wildman–Crippen LogP) is 0.437. The molecule has 0 fully saturated rings. The number of carboxylic acids is 1. The van der Waals surface area contributed by atoms with Gasteiger partial charge in [-0.05, 0) is 24.3 Å². The van der Waals surface area contributed by atoms with Crippen molar-refractivity contribution in [1.82, 2.24) is 5.32 Å². The van der Waals surface area contributed by atoms with Crippen LogP contribution in [0.5, 0.6) is 5.75 Å². The summed E-state index contributed by atoms with van der Waals surface area (Å²) in [5, 5.41) is 28.6. The Morgan fingerprint density at radius 2 is 2.00 bits per heavy atom. The van der Waals surface area contributed by atoms with E-state index in [0.717, 1.165) is 0 Å². The number of carbonyl (C=O) groups excluding carboxylic acids is 1. The molecule has 0 unspecified atom stereocenters. The average molecular weight is 275 g/mol. The standard InChI is InChI=1S/C13H13N3O4/c1-16(10-2-4-11(17)5-3-10)8-9(6-14)13(20)15-7-12(18)19/h2-5,8,17H,7H2,1H3,(H,15,20)(H,18,19)/b9-8-. The molecule has 1 aromatic rings. The summed E-state index contributed by atoms with van der Waals surface area (Å²) < 4.78 is 0. The van der Waals surface area contributed by atoms with Crippen LogP contribution in [-0.4, -0.2) is 35.7 Å². The number of nitrogens with one attached hydrogen (secondary N) is 1. The van der Waals surface area contributed by atoms with Crippen molar-refractivity contribution in [1.29, 1.82) is 5.26 Å². The minimum absolute atomic E-state index is 0.103. The maximum atomic E-state index is 11.6. The zero-order valence-electron chi connectivity index (χ0n) is 10.7. The van der Waals surface area contributed by atoms with Gasteiger partial charge in [-0.1, -0.05) is 0 Å². The lowest BCUT2D eigenvalue weighted by Crippen LogP contribution is -2.30. The van der Waals surface area contributed by atoms with Crippen molar-refractivity contribution in [2.45, 2.75) is 0 Å². The number of amides is 1. The highest BCUT2D eigenvalue weighted by molar-refractivity contribution is 5.98. The lowest BCUT2D eigenvalue weighted by Gasteiger charge is -2.14. The Labute approximate surface area is 115 Å². The molecule has 0 aliphatic rings. The molecule has 20 heavy (non-hydrogen) atoms. The second-order valence-electron chi connectivity index (χ2n) is 3.86. The molecule has 0 aromatic heterocycles. The Kier molecular flexibility index (Phi) is 5.12. The quantitative estimate of drug-likeness (QED) is 0.530. The van der Waals surface area contributed by atoms with Crippen LogP contribution in [0, 0.1) is 11.3 Å². The number of carbonyl (C=O) groups is 2. The van der Waals surface area contributed by atoms with Gasteiger partial charge in [0, 0.05) is 18.9 Å². The van der Waals surface area contributed by atoms with Crippen molar-refractivity contribution in [2.24, 2.45) is 0 Å². The van der Waals surface area contributed by atoms with E-state index in [9.17, 15) is 14.7 Å². The number of aliphatic carboxylic acids is 1. The second kappa shape index (κ2) is 6.80. The molecule has 0 heterocycles. The molecule has 0 atom stereocenters. The van der Waals surface area contributed by atoms with Gasteiger partial charge < -0.3 is 20.4 Å². The van der Waals surface area contributed by atoms with Gasteiger partial charge >= 0.3 is 5.97 Å². The van der Waals surface area contributed by atoms with Crippen molar-refractivity contribution in [2.75, 3.05) is 18.5 Å². The van der Waals surface area contributed by atoms with E-state index >= 15 is 0 Å². The highest BCUT2D eigenvalue weighted by Gasteiger charge is 2.11. The summed E-state index contributed by atoms with van der Waals surface area (Å²) in [6, 6.07) is 7.85. The van der Waals surface area contributed by atoms with Gasteiger partial charge in [0.05, 0.1) is 0 Å². The smallest absolute Gasteiger partial charge is 0.322 e. The molecule has 0 bridgehead atoms. The molecular weight excluding hydrogens is 262 g/mol. The van der Waals surface area contributed by atoms with Gasteiger partial charge in [-0.2, -0.15) is 5.26 Å². The van der Waals surface area contributed by atoms with E-state index in [1.165, 1.54) is 23.2 Å². The first kappa shape index (κ1) is 15.0. The zero-order chi connectivity index (χ0) is 15.1. The van der Waals surface area contributed by atoms with Crippen LogP contribution >= 0.6 is 0 Å². The van der Waals surface area contributed by atoms with Gasteiger partial charge in [-0.3, -0.25) is 9.59 Å². The molecule has 0 radical (unpaired) electrons. The van der Waals surface area contributed by atoms with Crippen molar-refractivity contribution in [3.05, 3.63) is 36.0 Å². The van der Waals surface area contributed by atoms with Crippen LogP contribution in [0.15, 0.2) is 36.0 Å². The highest BCUT2D eigenvalue weighted by Crippen LogP contribution is 2.17. The first-order valence-electron chi connectivity index (χ1n) is 5.58. The first-order valence-corrected chi connectivity index (χ1v) is 5.58. The molecule has 1 amide bonds. The van der Waals surface area contributed by atoms with E-state index in [1.807, 2.05) is 0 Å². The minimum Gasteiger partial charge on any atom is -0.508 e. The summed E-state index contributed by atoms with van der Waals surface area (Å²) in [5.41, 5.74) is 0.434. The number of benzene rings is 1. The average Bonchev–Trinajstić information content (AvgIpc) is 2.42. The third kappa shape index (κ3) is 4.34. The number of anilines is 1. The molecule has 0 spiro atoms. The van der Waals surface area contributed by atoms with Crippen LogP contribution in [0.4, 0.5) is 5.69 Å². The van der Waals surface area contributed by atoms with E-state index in [-0.39, 0.29) is 11.3 Å². The third-order valence-corrected chi connectivity index (χ3v) is 2.34. The molecule has 1 aromatic carbocycles. The van der Waals surface area contributed by atoms with Crippen molar-refractivity contribution in [3.8, 4) is 11.8 Å². The van der Waals surface area contributed by atoms with Gasteiger partial charge in [0.15, 0.2) is 0 Å². The summed E-state index contributed by atoms with van der Waals surface area (Å²) in [6.45, 7) is -0.555. The van der Waals surface area contributed by atoms with Gasteiger partial charge in [0.2, 0.25) is 0 Å². The molecule has 7 heteroatoms.